The second kappa shape index (κ2) is 8.47. The van der Waals surface area contributed by atoms with E-state index in [9.17, 15) is 9.59 Å². The van der Waals surface area contributed by atoms with Crippen LogP contribution in [0, 0.1) is 6.92 Å². The lowest BCUT2D eigenvalue weighted by Crippen LogP contribution is -2.35. The van der Waals surface area contributed by atoms with Crippen LogP contribution in [0.2, 0.25) is 0 Å². The predicted octanol–water partition coefficient (Wildman–Crippen LogP) is 3.50. The van der Waals surface area contributed by atoms with Crippen LogP contribution < -0.4 is 10.1 Å². The molecule has 2 aromatic rings. The molecule has 4 nitrogen and oxygen atoms in total. The Morgan fingerprint density at radius 2 is 1.84 bits per heavy atom. The molecule has 0 heterocycles. The fraction of sp³-hybridized carbons (Fsp3) is 0.333. The maximum atomic E-state index is 12.4. The van der Waals surface area contributed by atoms with Crippen molar-refractivity contribution in [2.24, 2.45) is 0 Å². The summed E-state index contributed by atoms with van der Waals surface area (Å²) in [7, 11) is 1.56. The van der Waals surface area contributed by atoms with Gasteiger partial charge in [-0.2, -0.15) is 0 Å². The molecule has 2 aromatic carbocycles. The average molecular weight is 339 g/mol. The van der Waals surface area contributed by atoms with Gasteiger partial charge in [0, 0.05) is 17.2 Å². The minimum Gasteiger partial charge on any atom is -0.496 e. The zero-order valence-corrected chi connectivity index (χ0v) is 15.3. The monoisotopic (exact) mass is 339 g/mol. The average Bonchev–Trinajstić information content (AvgIpc) is 2.56. The van der Waals surface area contributed by atoms with E-state index < -0.39 is 0 Å². The molecular formula is C21H25NO3. The first kappa shape index (κ1) is 18.7. The summed E-state index contributed by atoms with van der Waals surface area (Å²) in [6.45, 7) is 5.57. The van der Waals surface area contributed by atoms with Crippen molar-refractivity contribution in [1.82, 2.24) is 5.32 Å². The van der Waals surface area contributed by atoms with Crippen LogP contribution in [0.4, 0.5) is 0 Å². The number of carbonyl (C=O) groups is 2. The molecule has 0 fully saturated rings. The number of amides is 1. The number of hydrogen-bond donors (Lipinski definition) is 1. The standard InChI is InChI=1S/C21H25NO3/c1-14-7-5-6-8-17(14)11-15(2)22-21(24)13-19-12-18(16(3)23)9-10-20(19)25-4/h5-10,12,15H,11,13H2,1-4H3,(H,22,24). The highest BCUT2D eigenvalue weighted by Gasteiger charge is 2.14. The van der Waals surface area contributed by atoms with Crippen LogP contribution in [0.25, 0.3) is 0 Å². The Hall–Kier alpha value is -2.62. The van der Waals surface area contributed by atoms with E-state index in [0.29, 0.717) is 11.3 Å². The van der Waals surface area contributed by atoms with Crippen LogP contribution in [0.15, 0.2) is 42.5 Å². The van der Waals surface area contributed by atoms with Gasteiger partial charge in [0.25, 0.3) is 0 Å². The number of methoxy groups -OCH3 is 1. The summed E-state index contributed by atoms with van der Waals surface area (Å²) < 4.78 is 5.31. The number of aryl methyl sites for hydroxylation is 1. The molecule has 0 bridgehead atoms. The van der Waals surface area contributed by atoms with Crippen molar-refractivity contribution in [3.63, 3.8) is 0 Å². The number of hydrogen-bond acceptors (Lipinski definition) is 3. The molecule has 0 aliphatic heterocycles. The first-order valence-electron chi connectivity index (χ1n) is 8.42. The molecule has 4 heteroatoms. The van der Waals surface area contributed by atoms with Crippen LogP contribution in [-0.2, 0) is 17.6 Å². The molecule has 0 aromatic heterocycles. The van der Waals surface area contributed by atoms with E-state index in [-0.39, 0.29) is 24.2 Å². The fourth-order valence-electron chi connectivity index (χ4n) is 2.85. The van der Waals surface area contributed by atoms with Gasteiger partial charge in [0.15, 0.2) is 5.78 Å². The first-order chi connectivity index (χ1) is 11.9. The van der Waals surface area contributed by atoms with E-state index in [0.717, 1.165) is 12.0 Å². The van der Waals surface area contributed by atoms with Crippen molar-refractivity contribution in [1.29, 1.82) is 0 Å². The summed E-state index contributed by atoms with van der Waals surface area (Å²) in [6, 6.07) is 13.4. The number of ether oxygens (including phenoxy) is 1. The Bertz CT molecular complexity index is 767. The van der Waals surface area contributed by atoms with Crippen LogP contribution in [0.5, 0.6) is 5.75 Å². The van der Waals surface area contributed by atoms with Crippen molar-refractivity contribution in [2.75, 3.05) is 7.11 Å². The lowest BCUT2D eigenvalue weighted by molar-refractivity contribution is -0.121. The zero-order chi connectivity index (χ0) is 18.4. The molecule has 1 unspecified atom stereocenters. The Morgan fingerprint density at radius 1 is 1.12 bits per heavy atom. The SMILES string of the molecule is COc1ccc(C(C)=O)cc1CC(=O)NC(C)Cc1ccccc1C. The Morgan fingerprint density at radius 3 is 2.48 bits per heavy atom. The largest absolute Gasteiger partial charge is 0.496 e. The molecule has 25 heavy (non-hydrogen) atoms. The van der Waals surface area contributed by atoms with Crippen molar-refractivity contribution in [3.05, 3.63) is 64.7 Å². The summed E-state index contributed by atoms with van der Waals surface area (Å²) in [5, 5.41) is 3.02. The zero-order valence-electron chi connectivity index (χ0n) is 15.3. The predicted molar refractivity (Wildman–Crippen MR) is 99.2 cm³/mol. The minimum absolute atomic E-state index is 0.0237. The topological polar surface area (TPSA) is 55.4 Å². The molecule has 2 rings (SSSR count). The van der Waals surface area contributed by atoms with E-state index in [1.165, 1.54) is 18.1 Å². The third-order valence-electron chi connectivity index (χ3n) is 4.23. The summed E-state index contributed by atoms with van der Waals surface area (Å²) in [6.07, 6.45) is 0.964. The molecule has 1 atom stereocenters. The molecular weight excluding hydrogens is 314 g/mol. The van der Waals surface area contributed by atoms with E-state index in [1.807, 2.05) is 19.1 Å². The van der Waals surface area contributed by atoms with Gasteiger partial charge in [-0.1, -0.05) is 24.3 Å². The number of carbonyl (C=O) groups excluding carboxylic acids is 2. The fourth-order valence-corrected chi connectivity index (χ4v) is 2.85. The van der Waals surface area contributed by atoms with E-state index in [2.05, 4.69) is 24.4 Å². The maximum absolute atomic E-state index is 12.4. The molecule has 0 radical (unpaired) electrons. The molecule has 132 valence electrons. The molecule has 0 saturated heterocycles. The van der Waals surface area contributed by atoms with E-state index in [4.69, 9.17) is 4.74 Å². The van der Waals surface area contributed by atoms with Crippen molar-refractivity contribution < 1.29 is 14.3 Å². The van der Waals surface area contributed by atoms with Gasteiger partial charge < -0.3 is 10.1 Å². The number of Topliss-reactive ketones (excluding diaryl/α,β-unsaturated/α-hetero) is 1. The van der Waals surface area contributed by atoms with E-state index in [1.54, 1.807) is 25.3 Å². The summed E-state index contributed by atoms with van der Waals surface area (Å²) >= 11 is 0. The summed E-state index contributed by atoms with van der Waals surface area (Å²) in [5.74, 6) is 0.504. The summed E-state index contributed by atoms with van der Waals surface area (Å²) in [5.41, 5.74) is 3.75. The second-order valence-electron chi connectivity index (χ2n) is 6.36. The lowest BCUT2D eigenvalue weighted by atomic mass is 10.0. The van der Waals surface area contributed by atoms with E-state index >= 15 is 0 Å². The highest BCUT2D eigenvalue weighted by Crippen LogP contribution is 2.21. The third-order valence-corrected chi connectivity index (χ3v) is 4.23. The van der Waals surface area contributed by atoms with Gasteiger partial charge >= 0.3 is 0 Å². The van der Waals surface area contributed by atoms with Crippen LogP contribution >= 0.6 is 0 Å². The highest BCUT2D eigenvalue weighted by atomic mass is 16.5. The normalized spacial score (nSPS) is 11.7. The second-order valence-corrected chi connectivity index (χ2v) is 6.36. The van der Waals surface area contributed by atoms with Gasteiger partial charge in [-0.05, 0) is 56.5 Å². The molecule has 0 spiro atoms. The Balaban J connectivity index is 2.03. The van der Waals surface area contributed by atoms with Gasteiger partial charge in [-0.25, -0.2) is 0 Å². The molecule has 1 amide bonds. The van der Waals surface area contributed by atoms with Gasteiger partial charge in [0.1, 0.15) is 5.75 Å². The first-order valence-corrected chi connectivity index (χ1v) is 8.42. The van der Waals surface area contributed by atoms with Gasteiger partial charge in [-0.15, -0.1) is 0 Å². The molecule has 0 saturated carbocycles. The molecule has 1 N–H and O–H groups in total. The Labute approximate surface area is 149 Å². The summed E-state index contributed by atoms with van der Waals surface area (Å²) in [4.78, 5) is 24.0. The van der Waals surface area contributed by atoms with Crippen LogP contribution in [0.3, 0.4) is 0 Å². The number of benzene rings is 2. The van der Waals surface area contributed by atoms with Crippen LogP contribution in [0.1, 0.15) is 40.9 Å². The van der Waals surface area contributed by atoms with Gasteiger partial charge in [0.05, 0.1) is 13.5 Å². The molecule has 0 aliphatic carbocycles. The van der Waals surface area contributed by atoms with Crippen molar-refractivity contribution >= 4 is 11.7 Å². The van der Waals surface area contributed by atoms with Crippen molar-refractivity contribution in [2.45, 2.75) is 39.7 Å². The van der Waals surface area contributed by atoms with Crippen LogP contribution in [-0.4, -0.2) is 24.8 Å². The minimum atomic E-state index is -0.0833. The van der Waals surface area contributed by atoms with Crippen molar-refractivity contribution in [3.8, 4) is 5.75 Å². The third kappa shape index (κ3) is 5.18. The quantitative estimate of drug-likeness (QED) is 0.786. The number of rotatable bonds is 7. The Kier molecular flexibility index (Phi) is 6.34. The highest BCUT2D eigenvalue weighted by molar-refractivity contribution is 5.94. The lowest BCUT2D eigenvalue weighted by Gasteiger charge is -2.16. The van der Waals surface area contributed by atoms with Gasteiger partial charge in [-0.3, -0.25) is 9.59 Å². The number of ketones is 1. The maximum Gasteiger partial charge on any atom is 0.224 e. The number of nitrogens with one attached hydrogen (secondary N) is 1. The van der Waals surface area contributed by atoms with Gasteiger partial charge in [0.2, 0.25) is 5.91 Å². The smallest absolute Gasteiger partial charge is 0.224 e. The molecule has 0 aliphatic rings.